The Hall–Kier alpha value is 1.06. The van der Waals surface area contributed by atoms with Crippen LogP contribution in [0.25, 0.3) is 0 Å². The minimum absolute atomic E-state index is 0.00673. The molecule has 0 radical (unpaired) electrons. The molecule has 3 aliphatic rings. The van der Waals surface area contributed by atoms with E-state index in [0.717, 1.165) is 25.7 Å². The second-order valence-electron chi connectivity index (χ2n) is 8.93. The molecule has 0 atom stereocenters. The van der Waals surface area contributed by atoms with Gasteiger partial charge in [-0.25, -0.2) is 0 Å². The molecule has 0 aromatic carbocycles. The van der Waals surface area contributed by atoms with E-state index in [1.165, 1.54) is 0 Å². The number of hydrogen-bond acceptors (Lipinski definition) is 8. The molecule has 0 spiro atoms. The lowest BCUT2D eigenvalue weighted by Crippen LogP contribution is -2.33. The lowest BCUT2D eigenvalue weighted by atomic mass is 9.95. The van der Waals surface area contributed by atoms with Crippen molar-refractivity contribution in [2.24, 2.45) is 10.8 Å². The van der Waals surface area contributed by atoms with E-state index >= 15 is 0 Å². The standard InChI is InChI=1S/C16H30O6P2S2/c1-15(2)9-17-23(25,18-10-15)21-13-5-7-14(8-6-13)22-24(26)19-11-16(3,4)12-20-24/h13-14H,5-12H2,1-4H3. The van der Waals surface area contributed by atoms with Crippen molar-refractivity contribution in [3.8, 4) is 0 Å². The highest BCUT2D eigenvalue weighted by Gasteiger charge is 2.39. The van der Waals surface area contributed by atoms with Gasteiger partial charge < -0.3 is 27.1 Å². The molecule has 0 aromatic heterocycles. The van der Waals surface area contributed by atoms with Crippen LogP contribution in [0.3, 0.4) is 0 Å². The molecule has 2 heterocycles. The van der Waals surface area contributed by atoms with Crippen LogP contribution in [0.1, 0.15) is 53.4 Å². The summed E-state index contributed by atoms with van der Waals surface area (Å²) in [5.74, 6) is 0. The van der Waals surface area contributed by atoms with Gasteiger partial charge in [-0.1, -0.05) is 27.7 Å². The van der Waals surface area contributed by atoms with E-state index in [-0.39, 0.29) is 23.0 Å². The highest BCUT2D eigenvalue weighted by atomic mass is 32.5. The third-order valence-corrected chi connectivity index (χ3v) is 9.31. The Morgan fingerprint density at radius 2 is 0.923 bits per heavy atom. The van der Waals surface area contributed by atoms with Gasteiger partial charge in [-0.05, 0) is 49.3 Å². The maximum Gasteiger partial charge on any atom is 0.327 e. The molecule has 0 amide bonds. The fourth-order valence-corrected chi connectivity index (χ4v) is 7.84. The van der Waals surface area contributed by atoms with Crippen LogP contribution < -0.4 is 0 Å². The van der Waals surface area contributed by atoms with Crippen molar-refractivity contribution in [2.45, 2.75) is 65.6 Å². The molecule has 1 saturated carbocycles. The first kappa shape index (κ1) is 21.8. The van der Waals surface area contributed by atoms with Gasteiger partial charge in [-0.3, -0.25) is 0 Å². The maximum atomic E-state index is 6.05. The normalized spacial score (nSPS) is 35.7. The van der Waals surface area contributed by atoms with Crippen LogP contribution in [0.2, 0.25) is 0 Å². The molecule has 2 saturated heterocycles. The van der Waals surface area contributed by atoms with Crippen LogP contribution in [0.15, 0.2) is 0 Å². The van der Waals surface area contributed by atoms with Crippen molar-refractivity contribution < 1.29 is 27.1 Å². The summed E-state index contributed by atoms with van der Waals surface area (Å²) in [4.78, 5) is 0. The SMILES string of the molecule is CC1(C)COP(=S)(OC2CCC(OP3(=S)OCC(C)(C)CO3)CC2)OC1. The van der Waals surface area contributed by atoms with Crippen LogP contribution in [0.4, 0.5) is 0 Å². The van der Waals surface area contributed by atoms with Gasteiger partial charge >= 0.3 is 13.4 Å². The first-order valence-electron chi connectivity index (χ1n) is 9.13. The lowest BCUT2D eigenvalue weighted by molar-refractivity contribution is -0.0139. The van der Waals surface area contributed by atoms with E-state index < -0.39 is 13.4 Å². The van der Waals surface area contributed by atoms with Gasteiger partial charge in [0.15, 0.2) is 0 Å². The number of hydrogen-bond donors (Lipinski definition) is 0. The topological polar surface area (TPSA) is 55.4 Å². The van der Waals surface area contributed by atoms with E-state index in [9.17, 15) is 0 Å². The minimum atomic E-state index is -2.61. The molecule has 6 nitrogen and oxygen atoms in total. The molecule has 1 aliphatic carbocycles. The Morgan fingerprint density at radius 1 is 0.654 bits per heavy atom. The Balaban J connectivity index is 1.43. The quantitative estimate of drug-likeness (QED) is 0.566. The van der Waals surface area contributed by atoms with Gasteiger partial charge in [0.05, 0.1) is 38.6 Å². The molecule has 152 valence electrons. The number of rotatable bonds is 4. The minimum Gasteiger partial charge on any atom is -0.308 e. The fraction of sp³-hybridized carbons (Fsp3) is 1.00. The molecule has 3 fully saturated rings. The van der Waals surface area contributed by atoms with E-state index in [4.69, 9.17) is 50.8 Å². The summed E-state index contributed by atoms with van der Waals surface area (Å²) in [7, 11) is 0. The van der Waals surface area contributed by atoms with E-state index in [2.05, 4.69) is 27.7 Å². The summed E-state index contributed by atoms with van der Waals surface area (Å²) in [6, 6.07) is 0. The second-order valence-corrected chi connectivity index (χ2v) is 14.9. The molecule has 2 aliphatic heterocycles. The molecule has 0 N–H and O–H groups in total. The van der Waals surface area contributed by atoms with E-state index in [1.54, 1.807) is 0 Å². The van der Waals surface area contributed by atoms with E-state index in [0.29, 0.717) is 26.4 Å². The van der Waals surface area contributed by atoms with Gasteiger partial charge in [-0.2, -0.15) is 0 Å². The smallest absolute Gasteiger partial charge is 0.308 e. The summed E-state index contributed by atoms with van der Waals surface area (Å²) in [6.07, 6.45) is 3.49. The molecular formula is C16H30O6P2S2. The van der Waals surface area contributed by atoms with Crippen LogP contribution in [0.5, 0.6) is 0 Å². The highest BCUT2D eigenvalue weighted by Crippen LogP contribution is 2.59. The molecule has 10 heteroatoms. The monoisotopic (exact) mass is 444 g/mol. The van der Waals surface area contributed by atoms with Crippen molar-refractivity contribution in [1.82, 2.24) is 0 Å². The molecule has 0 unspecified atom stereocenters. The zero-order valence-corrected chi connectivity index (χ0v) is 19.4. The van der Waals surface area contributed by atoms with Gasteiger partial charge in [0.1, 0.15) is 0 Å². The summed E-state index contributed by atoms with van der Waals surface area (Å²) < 4.78 is 35.2. The van der Waals surface area contributed by atoms with Crippen LogP contribution in [-0.2, 0) is 50.8 Å². The average Bonchev–Trinajstić information content (AvgIpc) is 2.56. The molecule has 0 bridgehead atoms. The van der Waals surface area contributed by atoms with Crippen molar-refractivity contribution in [3.05, 3.63) is 0 Å². The van der Waals surface area contributed by atoms with Gasteiger partial charge in [0, 0.05) is 10.8 Å². The van der Waals surface area contributed by atoms with Gasteiger partial charge in [0.2, 0.25) is 0 Å². The largest absolute Gasteiger partial charge is 0.327 e. The predicted molar refractivity (Wildman–Crippen MR) is 108 cm³/mol. The summed E-state index contributed by atoms with van der Waals surface area (Å²) in [5, 5.41) is 0. The lowest BCUT2D eigenvalue weighted by Gasteiger charge is -2.40. The van der Waals surface area contributed by atoms with Crippen LogP contribution in [-0.4, -0.2) is 38.6 Å². The van der Waals surface area contributed by atoms with Crippen LogP contribution in [0, 0.1) is 10.8 Å². The average molecular weight is 444 g/mol. The second kappa shape index (κ2) is 8.06. The Bertz CT molecular complexity index is 524. The summed E-state index contributed by atoms with van der Waals surface area (Å²) >= 11 is 11.0. The molecule has 3 rings (SSSR count). The Labute approximate surface area is 167 Å². The van der Waals surface area contributed by atoms with Gasteiger partial charge in [0.25, 0.3) is 0 Å². The van der Waals surface area contributed by atoms with Gasteiger partial charge in [-0.15, -0.1) is 0 Å². The zero-order chi connectivity index (χ0) is 19.1. The Kier molecular flexibility index (Phi) is 6.75. The summed E-state index contributed by atoms with van der Waals surface area (Å²) in [5.41, 5.74) is -0.0135. The zero-order valence-electron chi connectivity index (χ0n) is 16.0. The first-order valence-corrected chi connectivity index (χ1v) is 14.2. The first-order chi connectivity index (χ1) is 12.0. The third kappa shape index (κ3) is 6.03. The van der Waals surface area contributed by atoms with Crippen molar-refractivity contribution in [1.29, 1.82) is 0 Å². The van der Waals surface area contributed by atoms with E-state index in [1.807, 2.05) is 0 Å². The van der Waals surface area contributed by atoms with Crippen molar-refractivity contribution >= 4 is 37.1 Å². The molecular weight excluding hydrogens is 414 g/mol. The van der Waals surface area contributed by atoms with Crippen molar-refractivity contribution in [3.63, 3.8) is 0 Å². The Morgan fingerprint density at radius 3 is 1.19 bits per heavy atom. The predicted octanol–water partition coefficient (Wildman–Crippen LogP) is 4.93. The highest BCUT2D eigenvalue weighted by molar-refractivity contribution is 8.07. The van der Waals surface area contributed by atoms with Crippen LogP contribution >= 0.6 is 13.4 Å². The van der Waals surface area contributed by atoms with Crippen molar-refractivity contribution in [2.75, 3.05) is 26.4 Å². The molecule has 0 aromatic rings. The molecule has 26 heavy (non-hydrogen) atoms. The maximum absolute atomic E-state index is 6.05. The summed E-state index contributed by atoms with van der Waals surface area (Å²) in [6.45, 7) is 5.47. The fourth-order valence-electron chi connectivity index (χ4n) is 2.90. The third-order valence-electron chi connectivity index (χ3n) is 4.63.